The molecular formula is C11H13F2NO4. The molecule has 1 heterocycles. The van der Waals surface area contributed by atoms with E-state index in [0.29, 0.717) is 0 Å². The number of rotatable bonds is 5. The number of hydrogen-bond acceptors (Lipinski definition) is 4. The van der Waals surface area contributed by atoms with Gasteiger partial charge < -0.3 is 9.47 Å². The van der Waals surface area contributed by atoms with Crippen molar-refractivity contribution in [1.82, 2.24) is 4.98 Å². The van der Waals surface area contributed by atoms with Crippen molar-refractivity contribution in [3.05, 3.63) is 27.5 Å². The van der Waals surface area contributed by atoms with Crippen molar-refractivity contribution in [2.75, 3.05) is 13.7 Å². The molecule has 1 rings (SSSR count). The normalized spacial score (nSPS) is 10.5. The van der Waals surface area contributed by atoms with Crippen LogP contribution in [0.5, 0.6) is 5.88 Å². The van der Waals surface area contributed by atoms with Gasteiger partial charge in [0, 0.05) is 6.07 Å². The predicted molar refractivity (Wildman–Crippen MR) is 58.9 cm³/mol. The molecule has 5 nitrogen and oxygen atoms in total. The van der Waals surface area contributed by atoms with E-state index in [0.717, 1.165) is 0 Å². The number of aromatic nitrogens is 1. The van der Waals surface area contributed by atoms with Crippen LogP contribution < -0.4 is 10.3 Å². The minimum atomic E-state index is -2.97. The van der Waals surface area contributed by atoms with Crippen LogP contribution in [0.4, 0.5) is 8.78 Å². The van der Waals surface area contributed by atoms with Gasteiger partial charge in [-0.15, -0.1) is 0 Å². The lowest BCUT2D eigenvalue weighted by Crippen LogP contribution is -2.19. The average molecular weight is 261 g/mol. The van der Waals surface area contributed by atoms with E-state index < -0.39 is 29.9 Å². The van der Waals surface area contributed by atoms with E-state index in [-0.39, 0.29) is 18.1 Å². The molecule has 1 aromatic rings. The number of esters is 1. The fourth-order valence-electron chi connectivity index (χ4n) is 1.46. The number of halogens is 2. The maximum atomic E-state index is 12.7. The summed E-state index contributed by atoms with van der Waals surface area (Å²) in [5, 5.41) is 0. The minimum Gasteiger partial charge on any atom is -0.482 e. The highest BCUT2D eigenvalue weighted by Gasteiger charge is 2.21. The van der Waals surface area contributed by atoms with E-state index >= 15 is 0 Å². The third kappa shape index (κ3) is 3.28. The van der Waals surface area contributed by atoms with E-state index in [4.69, 9.17) is 4.74 Å². The molecule has 0 aliphatic carbocycles. The van der Waals surface area contributed by atoms with E-state index in [2.05, 4.69) is 9.72 Å². The van der Waals surface area contributed by atoms with Crippen LogP contribution in [0, 0.1) is 0 Å². The van der Waals surface area contributed by atoms with E-state index in [1.54, 1.807) is 6.92 Å². The summed E-state index contributed by atoms with van der Waals surface area (Å²) in [6, 6.07) is 1.19. The lowest BCUT2D eigenvalue weighted by Gasteiger charge is -2.09. The average Bonchev–Trinajstić information content (AvgIpc) is 2.27. The van der Waals surface area contributed by atoms with Gasteiger partial charge in [-0.1, -0.05) is 0 Å². The number of carbonyl (C=O) groups excluding carboxylic acids is 1. The summed E-state index contributed by atoms with van der Waals surface area (Å²) in [7, 11) is 1.28. The van der Waals surface area contributed by atoms with Crippen molar-refractivity contribution < 1.29 is 23.0 Å². The molecule has 7 heteroatoms. The van der Waals surface area contributed by atoms with Gasteiger partial charge in [0.25, 0.3) is 12.0 Å². The third-order valence-electron chi connectivity index (χ3n) is 2.21. The standard InChI is InChI=1S/C11H13F2NO4/c1-3-18-8(15)5-6-4-7(17-2)14-11(16)9(6)10(12)13/h4,10H,3,5H2,1-2H3,(H,14,16). The lowest BCUT2D eigenvalue weighted by molar-refractivity contribution is -0.142. The number of carbonyl (C=O) groups is 1. The zero-order valence-corrected chi connectivity index (χ0v) is 9.96. The smallest absolute Gasteiger partial charge is 0.310 e. The van der Waals surface area contributed by atoms with Crippen LogP contribution in [-0.4, -0.2) is 24.7 Å². The first kappa shape index (κ1) is 14.1. The number of nitrogens with one attached hydrogen (secondary N) is 1. The van der Waals surface area contributed by atoms with Gasteiger partial charge in [-0.05, 0) is 12.5 Å². The number of alkyl halides is 2. The molecule has 100 valence electrons. The number of pyridine rings is 1. The summed E-state index contributed by atoms with van der Waals surface area (Å²) in [6.07, 6.45) is -3.36. The van der Waals surface area contributed by atoms with Crippen LogP contribution in [0.3, 0.4) is 0 Å². The van der Waals surface area contributed by atoms with E-state index in [9.17, 15) is 18.4 Å². The lowest BCUT2D eigenvalue weighted by atomic mass is 10.1. The number of methoxy groups -OCH3 is 1. The van der Waals surface area contributed by atoms with Crippen LogP contribution >= 0.6 is 0 Å². The van der Waals surface area contributed by atoms with E-state index in [1.807, 2.05) is 0 Å². The van der Waals surface area contributed by atoms with Crippen LogP contribution in [0.1, 0.15) is 24.5 Å². The fraction of sp³-hybridized carbons (Fsp3) is 0.455. The second-order valence-electron chi connectivity index (χ2n) is 3.39. The molecule has 0 aliphatic rings. The van der Waals surface area contributed by atoms with Crippen molar-refractivity contribution >= 4 is 5.97 Å². The molecule has 0 bridgehead atoms. The molecule has 0 radical (unpaired) electrons. The summed E-state index contributed by atoms with van der Waals surface area (Å²) in [6.45, 7) is 1.74. The van der Waals surface area contributed by atoms with Gasteiger partial charge in [-0.3, -0.25) is 14.6 Å². The molecule has 0 fully saturated rings. The largest absolute Gasteiger partial charge is 0.482 e. The molecule has 18 heavy (non-hydrogen) atoms. The van der Waals surface area contributed by atoms with Gasteiger partial charge in [-0.2, -0.15) is 0 Å². The Morgan fingerprint density at radius 2 is 2.17 bits per heavy atom. The maximum absolute atomic E-state index is 12.7. The van der Waals surface area contributed by atoms with Crippen molar-refractivity contribution in [1.29, 1.82) is 0 Å². The first-order valence-corrected chi connectivity index (χ1v) is 5.23. The second-order valence-corrected chi connectivity index (χ2v) is 3.39. The van der Waals surface area contributed by atoms with Gasteiger partial charge in [0.05, 0.1) is 25.7 Å². The Morgan fingerprint density at radius 3 is 2.67 bits per heavy atom. The highest BCUT2D eigenvalue weighted by Crippen LogP contribution is 2.22. The summed E-state index contributed by atoms with van der Waals surface area (Å²) >= 11 is 0. The monoisotopic (exact) mass is 261 g/mol. The van der Waals surface area contributed by atoms with E-state index in [1.165, 1.54) is 13.2 Å². The Balaban J connectivity index is 3.17. The number of ether oxygens (including phenoxy) is 2. The molecule has 0 unspecified atom stereocenters. The maximum Gasteiger partial charge on any atom is 0.310 e. The molecule has 0 atom stereocenters. The van der Waals surface area contributed by atoms with Crippen molar-refractivity contribution in [3.8, 4) is 5.88 Å². The second kappa shape index (κ2) is 6.13. The number of hydrogen-bond donors (Lipinski definition) is 1. The summed E-state index contributed by atoms with van der Waals surface area (Å²) in [4.78, 5) is 24.9. The van der Waals surface area contributed by atoms with Gasteiger partial charge in [0.2, 0.25) is 0 Å². The Hall–Kier alpha value is -1.92. The predicted octanol–water partition coefficient (Wildman–Crippen LogP) is 1.43. The summed E-state index contributed by atoms with van der Waals surface area (Å²) in [5.74, 6) is -0.657. The molecular weight excluding hydrogens is 248 g/mol. The van der Waals surface area contributed by atoms with Gasteiger partial charge in [0.15, 0.2) is 5.88 Å². The van der Waals surface area contributed by atoms with Crippen molar-refractivity contribution in [2.24, 2.45) is 0 Å². The Bertz CT molecular complexity index is 484. The van der Waals surface area contributed by atoms with Crippen LogP contribution in [-0.2, 0) is 16.0 Å². The highest BCUT2D eigenvalue weighted by atomic mass is 19.3. The van der Waals surface area contributed by atoms with Crippen LogP contribution in [0.15, 0.2) is 10.9 Å². The molecule has 0 aromatic carbocycles. The molecule has 1 aromatic heterocycles. The SMILES string of the molecule is CCOC(=O)Cc1cc(OC)[nH]c(=O)c1C(F)F. The number of H-pyrrole nitrogens is 1. The van der Waals surface area contributed by atoms with Gasteiger partial charge in [0.1, 0.15) is 0 Å². The molecule has 0 spiro atoms. The van der Waals surface area contributed by atoms with Crippen LogP contribution in [0.2, 0.25) is 0 Å². The quantitative estimate of drug-likeness (QED) is 0.814. The van der Waals surface area contributed by atoms with Gasteiger partial charge >= 0.3 is 5.97 Å². The zero-order chi connectivity index (χ0) is 13.7. The topological polar surface area (TPSA) is 68.4 Å². The summed E-state index contributed by atoms with van der Waals surface area (Å²) in [5.41, 5.74) is -1.79. The molecule has 1 N–H and O–H groups in total. The Labute approximate surface area is 102 Å². The highest BCUT2D eigenvalue weighted by molar-refractivity contribution is 5.73. The minimum absolute atomic E-state index is 0.0173. The van der Waals surface area contributed by atoms with Gasteiger partial charge in [-0.25, -0.2) is 8.78 Å². The third-order valence-corrected chi connectivity index (χ3v) is 2.21. The Morgan fingerprint density at radius 1 is 1.50 bits per heavy atom. The van der Waals surface area contributed by atoms with Crippen molar-refractivity contribution in [2.45, 2.75) is 19.8 Å². The molecule has 0 saturated carbocycles. The number of aromatic amines is 1. The molecule has 0 aliphatic heterocycles. The van der Waals surface area contributed by atoms with Crippen LogP contribution in [0.25, 0.3) is 0 Å². The summed E-state index contributed by atoms with van der Waals surface area (Å²) < 4.78 is 34.9. The van der Waals surface area contributed by atoms with Crippen molar-refractivity contribution in [3.63, 3.8) is 0 Å². The first-order chi connectivity index (χ1) is 8.49. The first-order valence-electron chi connectivity index (χ1n) is 5.23. The molecule has 0 amide bonds. The molecule has 0 saturated heterocycles. The zero-order valence-electron chi connectivity index (χ0n) is 9.96. The Kier molecular flexibility index (Phi) is 4.82. The fourth-order valence-corrected chi connectivity index (χ4v) is 1.46.